The molecule has 1 aliphatic carbocycles. The molecule has 3 heteroatoms. The number of hydrogen-bond donors (Lipinski definition) is 1. The third-order valence-electron chi connectivity index (χ3n) is 3.33. The molecule has 88 valence electrons. The molecule has 0 saturated carbocycles. The fraction of sp³-hybridized carbons (Fsp3) is 0.357. The molecule has 0 aromatic carbocycles. The molecule has 2 heterocycles. The van der Waals surface area contributed by atoms with E-state index in [1.54, 1.807) is 12.5 Å². The summed E-state index contributed by atoms with van der Waals surface area (Å²) in [6.45, 7) is 0.844. The number of aromatic nitrogens is 1. The topological polar surface area (TPSA) is 38.1 Å². The van der Waals surface area contributed by atoms with E-state index in [1.165, 1.54) is 29.7 Å². The van der Waals surface area contributed by atoms with Crippen LogP contribution in [0.15, 0.2) is 41.3 Å². The molecular formula is C14H16N2O. The number of furan rings is 1. The third-order valence-corrected chi connectivity index (χ3v) is 3.33. The van der Waals surface area contributed by atoms with E-state index < -0.39 is 0 Å². The molecule has 1 atom stereocenters. The molecular weight excluding hydrogens is 212 g/mol. The molecule has 0 saturated heterocycles. The van der Waals surface area contributed by atoms with Crippen LogP contribution in [-0.4, -0.2) is 4.98 Å². The highest BCUT2D eigenvalue weighted by Gasteiger charge is 2.20. The Kier molecular flexibility index (Phi) is 2.92. The van der Waals surface area contributed by atoms with E-state index in [4.69, 9.17) is 4.42 Å². The first-order chi connectivity index (χ1) is 8.43. The molecule has 0 amide bonds. The van der Waals surface area contributed by atoms with Crippen LogP contribution in [-0.2, 0) is 13.0 Å². The van der Waals surface area contributed by atoms with Gasteiger partial charge in [-0.15, -0.1) is 0 Å². The predicted octanol–water partition coefficient (Wildman–Crippen LogP) is 2.84. The van der Waals surface area contributed by atoms with E-state index in [1.807, 2.05) is 18.3 Å². The molecule has 1 unspecified atom stereocenters. The molecule has 17 heavy (non-hydrogen) atoms. The van der Waals surface area contributed by atoms with Gasteiger partial charge in [-0.1, -0.05) is 6.07 Å². The normalized spacial score (nSPS) is 18.9. The zero-order chi connectivity index (χ0) is 11.5. The first-order valence-electron chi connectivity index (χ1n) is 6.12. The van der Waals surface area contributed by atoms with Crippen LogP contribution in [0.1, 0.15) is 35.7 Å². The van der Waals surface area contributed by atoms with Crippen LogP contribution in [0.2, 0.25) is 0 Å². The van der Waals surface area contributed by atoms with Gasteiger partial charge in [0, 0.05) is 18.3 Å². The van der Waals surface area contributed by atoms with Gasteiger partial charge in [0.1, 0.15) is 0 Å². The van der Waals surface area contributed by atoms with Gasteiger partial charge in [-0.25, -0.2) is 0 Å². The van der Waals surface area contributed by atoms with Crippen LogP contribution >= 0.6 is 0 Å². The minimum absolute atomic E-state index is 0.384. The Bertz CT molecular complexity index is 479. The molecule has 0 aliphatic heterocycles. The maximum Gasteiger partial charge on any atom is 0.0947 e. The standard InChI is InChI=1S/C14H16N2O/c1-3-12-4-2-7-15-14(12)13(5-1)16-9-11-6-8-17-10-11/h2,4,6-8,10,13,16H,1,3,5,9H2. The maximum atomic E-state index is 5.07. The van der Waals surface area contributed by atoms with E-state index in [0.717, 1.165) is 13.0 Å². The quantitative estimate of drug-likeness (QED) is 0.877. The van der Waals surface area contributed by atoms with Crippen molar-refractivity contribution in [2.75, 3.05) is 0 Å². The van der Waals surface area contributed by atoms with Gasteiger partial charge in [-0.05, 0) is 37.0 Å². The fourth-order valence-electron chi connectivity index (χ4n) is 2.44. The fourth-order valence-corrected chi connectivity index (χ4v) is 2.44. The first kappa shape index (κ1) is 10.5. The van der Waals surface area contributed by atoms with Crippen molar-refractivity contribution in [2.24, 2.45) is 0 Å². The second-order valence-corrected chi connectivity index (χ2v) is 4.51. The van der Waals surface area contributed by atoms with Gasteiger partial charge in [0.25, 0.3) is 0 Å². The highest BCUT2D eigenvalue weighted by atomic mass is 16.3. The molecule has 0 spiro atoms. The number of nitrogens with zero attached hydrogens (tertiary/aromatic N) is 1. The third kappa shape index (κ3) is 2.24. The van der Waals surface area contributed by atoms with Gasteiger partial charge < -0.3 is 9.73 Å². The molecule has 3 nitrogen and oxygen atoms in total. The van der Waals surface area contributed by atoms with Crippen molar-refractivity contribution >= 4 is 0 Å². The Morgan fingerprint density at radius 2 is 2.41 bits per heavy atom. The van der Waals surface area contributed by atoms with Crippen LogP contribution in [0.5, 0.6) is 0 Å². The van der Waals surface area contributed by atoms with E-state index in [0.29, 0.717) is 6.04 Å². The second-order valence-electron chi connectivity index (χ2n) is 4.51. The first-order valence-corrected chi connectivity index (χ1v) is 6.12. The molecule has 0 radical (unpaired) electrons. The minimum atomic E-state index is 0.384. The molecule has 1 N–H and O–H groups in total. The summed E-state index contributed by atoms with van der Waals surface area (Å²) in [4.78, 5) is 4.51. The molecule has 2 aromatic heterocycles. The predicted molar refractivity (Wildman–Crippen MR) is 65.5 cm³/mol. The number of fused-ring (bicyclic) bond motifs is 1. The van der Waals surface area contributed by atoms with Crippen molar-refractivity contribution < 1.29 is 4.42 Å². The van der Waals surface area contributed by atoms with Gasteiger partial charge in [0.05, 0.1) is 24.3 Å². The minimum Gasteiger partial charge on any atom is -0.472 e. The highest BCUT2D eigenvalue weighted by molar-refractivity contribution is 5.25. The van der Waals surface area contributed by atoms with Gasteiger partial charge in [0.2, 0.25) is 0 Å². The lowest BCUT2D eigenvalue weighted by Gasteiger charge is -2.25. The van der Waals surface area contributed by atoms with Gasteiger partial charge >= 0.3 is 0 Å². The SMILES string of the molecule is c1cnc2c(c1)CCCC2NCc1ccoc1. The van der Waals surface area contributed by atoms with E-state index in [9.17, 15) is 0 Å². The monoisotopic (exact) mass is 228 g/mol. The summed E-state index contributed by atoms with van der Waals surface area (Å²) in [5, 5.41) is 3.56. The molecule has 3 rings (SSSR count). The van der Waals surface area contributed by atoms with Crippen molar-refractivity contribution in [1.82, 2.24) is 10.3 Å². The van der Waals surface area contributed by atoms with Crippen molar-refractivity contribution in [3.63, 3.8) is 0 Å². The summed E-state index contributed by atoms with van der Waals surface area (Å²) in [6.07, 6.45) is 8.95. The number of hydrogen-bond acceptors (Lipinski definition) is 3. The van der Waals surface area contributed by atoms with Crippen molar-refractivity contribution in [2.45, 2.75) is 31.8 Å². The van der Waals surface area contributed by atoms with Crippen LogP contribution in [0.3, 0.4) is 0 Å². The largest absolute Gasteiger partial charge is 0.472 e. The highest BCUT2D eigenvalue weighted by Crippen LogP contribution is 2.27. The van der Waals surface area contributed by atoms with E-state index >= 15 is 0 Å². The second kappa shape index (κ2) is 4.72. The molecule has 2 aromatic rings. The van der Waals surface area contributed by atoms with Crippen molar-refractivity contribution in [3.8, 4) is 0 Å². The van der Waals surface area contributed by atoms with E-state index in [2.05, 4.69) is 16.4 Å². The van der Waals surface area contributed by atoms with Crippen LogP contribution in [0, 0.1) is 0 Å². The zero-order valence-electron chi connectivity index (χ0n) is 9.73. The zero-order valence-corrected chi connectivity index (χ0v) is 9.73. The number of aryl methyl sites for hydroxylation is 1. The summed E-state index contributed by atoms with van der Waals surface area (Å²) >= 11 is 0. The Morgan fingerprint density at radius 1 is 1.41 bits per heavy atom. The lowest BCUT2D eigenvalue weighted by atomic mass is 9.92. The van der Waals surface area contributed by atoms with Gasteiger partial charge in [-0.3, -0.25) is 4.98 Å². The van der Waals surface area contributed by atoms with Crippen molar-refractivity contribution in [3.05, 3.63) is 53.7 Å². The lowest BCUT2D eigenvalue weighted by Crippen LogP contribution is -2.25. The summed E-state index contributed by atoms with van der Waals surface area (Å²) in [5.41, 5.74) is 3.80. The lowest BCUT2D eigenvalue weighted by molar-refractivity contribution is 0.446. The Labute approximate surface area is 101 Å². The average molecular weight is 228 g/mol. The molecule has 1 aliphatic rings. The maximum absolute atomic E-state index is 5.07. The van der Waals surface area contributed by atoms with Gasteiger partial charge in [0.15, 0.2) is 0 Å². The van der Waals surface area contributed by atoms with Crippen LogP contribution < -0.4 is 5.32 Å². The van der Waals surface area contributed by atoms with Crippen molar-refractivity contribution in [1.29, 1.82) is 0 Å². The Balaban J connectivity index is 1.72. The van der Waals surface area contributed by atoms with E-state index in [-0.39, 0.29) is 0 Å². The number of rotatable bonds is 3. The summed E-state index contributed by atoms with van der Waals surface area (Å²) in [5.74, 6) is 0. The smallest absolute Gasteiger partial charge is 0.0947 e. The summed E-state index contributed by atoms with van der Waals surface area (Å²) in [6, 6.07) is 6.59. The summed E-state index contributed by atoms with van der Waals surface area (Å²) in [7, 11) is 0. The van der Waals surface area contributed by atoms with Gasteiger partial charge in [-0.2, -0.15) is 0 Å². The molecule has 0 fully saturated rings. The Hall–Kier alpha value is -1.61. The molecule has 0 bridgehead atoms. The number of pyridine rings is 1. The van der Waals surface area contributed by atoms with Crippen LogP contribution in [0.25, 0.3) is 0 Å². The van der Waals surface area contributed by atoms with Crippen LogP contribution in [0.4, 0.5) is 0 Å². The average Bonchev–Trinajstić information content (AvgIpc) is 2.89. The number of nitrogens with one attached hydrogen (secondary N) is 1. The summed E-state index contributed by atoms with van der Waals surface area (Å²) < 4.78 is 5.07. The Morgan fingerprint density at radius 3 is 3.29 bits per heavy atom.